The first-order valence-electron chi connectivity index (χ1n) is 4.54. The Morgan fingerprint density at radius 3 is 2.20 bits per heavy atom. The van der Waals surface area contributed by atoms with Gasteiger partial charge in [0.2, 0.25) is 0 Å². The largest absolute Gasteiger partial charge is 0.493 e. The van der Waals surface area contributed by atoms with E-state index >= 15 is 0 Å². The number of methoxy groups -OCH3 is 2. The molecule has 0 atom stereocenters. The Hall–Kier alpha value is -1.84. The van der Waals surface area contributed by atoms with E-state index in [2.05, 4.69) is 0 Å². The molecule has 4 N–H and O–H groups in total. The van der Waals surface area contributed by atoms with Gasteiger partial charge in [-0.2, -0.15) is 0 Å². The molecular weight excluding hydrogens is 192 g/mol. The summed E-state index contributed by atoms with van der Waals surface area (Å²) < 4.78 is 10.3. The molecule has 15 heavy (non-hydrogen) atoms. The van der Waals surface area contributed by atoms with Gasteiger partial charge in [0.1, 0.15) is 0 Å². The number of hydrogen-bond donors (Lipinski definition) is 2. The minimum absolute atomic E-state index is 0.614. The minimum atomic E-state index is 0.614. The molecule has 1 aromatic rings. The van der Waals surface area contributed by atoms with E-state index < -0.39 is 0 Å². The molecule has 1 aromatic carbocycles. The lowest BCUT2D eigenvalue weighted by Crippen LogP contribution is -1.98. The van der Waals surface area contributed by atoms with E-state index in [9.17, 15) is 0 Å². The summed E-state index contributed by atoms with van der Waals surface area (Å²) in [5, 5.41) is 0. The average molecular weight is 208 g/mol. The van der Waals surface area contributed by atoms with Crippen molar-refractivity contribution in [2.75, 3.05) is 20.0 Å². The highest BCUT2D eigenvalue weighted by molar-refractivity contribution is 5.76. The molecule has 82 valence electrons. The first-order chi connectivity index (χ1) is 7.13. The lowest BCUT2D eigenvalue weighted by atomic mass is 10.1. The second-order valence-corrected chi connectivity index (χ2v) is 3.14. The molecule has 4 heteroatoms. The fourth-order valence-electron chi connectivity index (χ4n) is 1.33. The van der Waals surface area contributed by atoms with Crippen molar-refractivity contribution < 1.29 is 9.47 Å². The van der Waals surface area contributed by atoms with Crippen molar-refractivity contribution in [2.24, 2.45) is 5.73 Å². The van der Waals surface area contributed by atoms with Gasteiger partial charge in [0.25, 0.3) is 0 Å². The van der Waals surface area contributed by atoms with Gasteiger partial charge in [0.05, 0.1) is 14.2 Å². The van der Waals surface area contributed by atoms with Crippen LogP contribution >= 0.6 is 0 Å². The van der Waals surface area contributed by atoms with E-state index in [1.54, 1.807) is 20.3 Å². The summed E-state index contributed by atoms with van der Waals surface area (Å²) in [7, 11) is 3.15. The van der Waals surface area contributed by atoms with Gasteiger partial charge in [-0.3, -0.25) is 0 Å². The third-order valence-corrected chi connectivity index (χ3v) is 2.23. The third kappa shape index (κ3) is 2.15. The van der Waals surface area contributed by atoms with Crippen molar-refractivity contribution >= 4 is 11.3 Å². The van der Waals surface area contributed by atoms with Crippen LogP contribution in [-0.2, 0) is 0 Å². The molecule has 0 amide bonds. The number of allylic oxidation sites excluding steroid dienone is 1. The third-order valence-electron chi connectivity index (χ3n) is 2.23. The zero-order valence-electron chi connectivity index (χ0n) is 9.20. The van der Waals surface area contributed by atoms with Crippen LogP contribution in [0.2, 0.25) is 0 Å². The van der Waals surface area contributed by atoms with Crippen LogP contribution in [0.5, 0.6) is 11.5 Å². The zero-order chi connectivity index (χ0) is 11.4. The summed E-state index contributed by atoms with van der Waals surface area (Å²) in [4.78, 5) is 0. The molecule has 0 aromatic heterocycles. The van der Waals surface area contributed by atoms with Gasteiger partial charge in [-0.25, -0.2) is 0 Å². The topological polar surface area (TPSA) is 70.5 Å². The number of nitrogen functional groups attached to an aromatic ring is 1. The maximum atomic E-state index is 5.87. The van der Waals surface area contributed by atoms with E-state index in [1.165, 1.54) is 6.20 Å². The maximum absolute atomic E-state index is 5.87. The van der Waals surface area contributed by atoms with Crippen LogP contribution in [0.3, 0.4) is 0 Å². The van der Waals surface area contributed by atoms with Gasteiger partial charge in [0.15, 0.2) is 11.5 Å². The predicted molar refractivity (Wildman–Crippen MR) is 61.8 cm³/mol. The van der Waals surface area contributed by atoms with Crippen LogP contribution in [0.15, 0.2) is 18.3 Å². The maximum Gasteiger partial charge on any atom is 0.162 e. The number of ether oxygens (including phenoxy) is 2. The lowest BCUT2D eigenvalue weighted by molar-refractivity contribution is 0.355. The smallest absolute Gasteiger partial charge is 0.162 e. The highest BCUT2D eigenvalue weighted by Crippen LogP contribution is 2.34. The molecule has 4 nitrogen and oxygen atoms in total. The molecular formula is C11H16N2O2. The number of nitrogens with two attached hydrogens (primary N) is 2. The van der Waals surface area contributed by atoms with Crippen LogP contribution in [0.25, 0.3) is 5.57 Å². The Kier molecular flexibility index (Phi) is 3.44. The van der Waals surface area contributed by atoms with Crippen molar-refractivity contribution in [3.05, 3.63) is 23.9 Å². The summed E-state index contributed by atoms with van der Waals surface area (Å²) in [5.41, 5.74) is 13.7. The SMILES string of the molecule is COc1cc(N)c(/C(C)=C\N)cc1OC. The molecule has 0 saturated heterocycles. The van der Waals surface area contributed by atoms with Crippen LogP contribution in [0, 0.1) is 0 Å². The number of benzene rings is 1. The summed E-state index contributed by atoms with van der Waals surface area (Å²) in [5.74, 6) is 1.26. The minimum Gasteiger partial charge on any atom is -0.493 e. The molecule has 0 radical (unpaired) electrons. The van der Waals surface area contributed by atoms with Gasteiger partial charge >= 0.3 is 0 Å². The molecule has 0 aliphatic rings. The zero-order valence-corrected chi connectivity index (χ0v) is 9.20. The van der Waals surface area contributed by atoms with E-state index in [1.807, 2.05) is 13.0 Å². The van der Waals surface area contributed by atoms with Crippen molar-refractivity contribution in [1.29, 1.82) is 0 Å². The van der Waals surface area contributed by atoms with E-state index in [4.69, 9.17) is 20.9 Å². The summed E-state index contributed by atoms with van der Waals surface area (Å²) in [6, 6.07) is 3.54. The standard InChI is InChI=1S/C11H16N2O2/c1-7(6-12)8-4-10(14-2)11(15-3)5-9(8)13/h4-6H,12-13H2,1-3H3/b7-6-. The Labute approximate surface area is 89.5 Å². The van der Waals surface area contributed by atoms with E-state index in [-0.39, 0.29) is 0 Å². The number of rotatable bonds is 3. The van der Waals surface area contributed by atoms with E-state index in [0.29, 0.717) is 17.2 Å². The van der Waals surface area contributed by atoms with Gasteiger partial charge in [-0.1, -0.05) is 0 Å². The number of hydrogen-bond acceptors (Lipinski definition) is 4. The molecule has 0 heterocycles. The van der Waals surface area contributed by atoms with Gasteiger partial charge in [0, 0.05) is 17.3 Å². The van der Waals surface area contributed by atoms with E-state index in [0.717, 1.165) is 11.1 Å². The Balaban J connectivity index is 3.32. The first kappa shape index (κ1) is 11.2. The number of anilines is 1. The Bertz CT molecular complexity index is 386. The quantitative estimate of drug-likeness (QED) is 0.740. The van der Waals surface area contributed by atoms with Crippen molar-refractivity contribution in [2.45, 2.75) is 6.92 Å². The molecule has 0 aliphatic heterocycles. The lowest BCUT2D eigenvalue weighted by Gasteiger charge is -2.12. The van der Waals surface area contributed by atoms with Gasteiger partial charge in [-0.05, 0) is 24.8 Å². The average Bonchev–Trinajstić information content (AvgIpc) is 2.27. The molecule has 0 aliphatic carbocycles. The van der Waals surface area contributed by atoms with Crippen molar-refractivity contribution in [1.82, 2.24) is 0 Å². The molecule has 1 rings (SSSR count). The van der Waals surface area contributed by atoms with Crippen LogP contribution in [0.1, 0.15) is 12.5 Å². The fourth-order valence-corrected chi connectivity index (χ4v) is 1.33. The summed E-state index contributed by atoms with van der Waals surface area (Å²) in [6.45, 7) is 1.89. The molecule has 0 spiro atoms. The molecule has 0 saturated carbocycles. The second kappa shape index (κ2) is 4.59. The van der Waals surface area contributed by atoms with Crippen LogP contribution in [-0.4, -0.2) is 14.2 Å². The highest BCUT2D eigenvalue weighted by Gasteiger charge is 2.09. The Morgan fingerprint density at radius 1 is 1.20 bits per heavy atom. The summed E-state index contributed by atoms with van der Waals surface area (Å²) in [6.07, 6.45) is 1.51. The summed E-state index contributed by atoms with van der Waals surface area (Å²) >= 11 is 0. The second-order valence-electron chi connectivity index (χ2n) is 3.14. The predicted octanol–water partition coefficient (Wildman–Crippen LogP) is 1.61. The Morgan fingerprint density at radius 2 is 1.73 bits per heavy atom. The van der Waals surface area contributed by atoms with Crippen molar-refractivity contribution in [3.8, 4) is 11.5 Å². The van der Waals surface area contributed by atoms with Crippen molar-refractivity contribution in [3.63, 3.8) is 0 Å². The molecule has 0 bridgehead atoms. The fraction of sp³-hybridized carbons (Fsp3) is 0.273. The molecule has 0 unspecified atom stereocenters. The van der Waals surface area contributed by atoms with Gasteiger partial charge in [-0.15, -0.1) is 0 Å². The van der Waals surface area contributed by atoms with Crippen LogP contribution < -0.4 is 20.9 Å². The first-order valence-corrected chi connectivity index (χ1v) is 4.54. The highest BCUT2D eigenvalue weighted by atomic mass is 16.5. The molecule has 0 fully saturated rings. The monoisotopic (exact) mass is 208 g/mol. The van der Waals surface area contributed by atoms with Crippen LogP contribution in [0.4, 0.5) is 5.69 Å². The van der Waals surface area contributed by atoms with Gasteiger partial charge < -0.3 is 20.9 Å². The normalized spacial score (nSPS) is 11.3.